The van der Waals surface area contributed by atoms with Gasteiger partial charge in [-0.15, -0.1) is 34.5 Å². The molecule has 0 saturated heterocycles. The van der Waals surface area contributed by atoms with Crippen molar-refractivity contribution in [2.75, 3.05) is 11.8 Å². The van der Waals surface area contributed by atoms with E-state index in [-0.39, 0.29) is 5.41 Å². The second kappa shape index (κ2) is 6.63. The van der Waals surface area contributed by atoms with Gasteiger partial charge in [-0.05, 0) is 46.1 Å². The Kier molecular flexibility index (Phi) is 6.14. The van der Waals surface area contributed by atoms with Crippen LogP contribution in [0.3, 0.4) is 0 Å². The molecule has 1 aromatic heterocycles. The van der Waals surface area contributed by atoms with Gasteiger partial charge in [0.25, 0.3) is 0 Å². The summed E-state index contributed by atoms with van der Waals surface area (Å²) in [7, 11) is 0. The maximum atomic E-state index is 6.14. The highest BCUT2D eigenvalue weighted by Crippen LogP contribution is 2.37. The van der Waals surface area contributed by atoms with Gasteiger partial charge < -0.3 is 0 Å². The topological polar surface area (TPSA) is 0 Å². The summed E-state index contributed by atoms with van der Waals surface area (Å²) in [6.07, 6.45) is 2.04. The van der Waals surface area contributed by atoms with Crippen LogP contribution in [0.5, 0.6) is 0 Å². The zero-order valence-electron chi connectivity index (χ0n) is 9.60. The minimum atomic E-state index is 0.0324. The zero-order chi connectivity index (χ0) is 12.2. The van der Waals surface area contributed by atoms with Gasteiger partial charge in [0, 0.05) is 26.5 Å². The molecule has 0 aliphatic carbocycles. The molecule has 0 nitrogen and oxygen atoms in total. The van der Waals surface area contributed by atoms with Crippen molar-refractivity contribution >= 4 is 50.5 Å². The van der Waals surface area contributed by atoms with E-state index in [1.54, 1.807) is 11.3 Å². The smallest absolute Gasteiger partial charge is 0.0314 e. The van der Waals surface area contributed by atoms with Crippen LogP contribution in [0.4, 0.5) is 0 Å². The first-order valence-electron chi connectivity index (χ1n) is 5.37. The van der Waals surface area contributed by atoms with Gasteiger partial charge in [-0.1, -0.05) is 13.8 Å². The summed E-state index contributed by atoms with van der Waals surface area (Å²) in [6.45, 7) is 4.44. The van der Waals surface area contributed by atoms with Crippen LogP contribution in [0.1, 0.15) is 25.1 Å². The van der Waals surface area contributed by atoms with E-state index in [9.17, 15) is 0 Å². The van der Waals surface area contributed by atoms with E-state index < -0.39 is 0 Å². The van der Waals surface area contributed by atoms with E-state index in [0.717, 1.165) is 12.8 Å². The van der Waals surface area contributed by atoms with Gasteiger partial charge in [0.15, 0.2) is 0 Å². The van der Waals surface area contributed by atoms with E-state index in [1.807, 2.05) is 0 Å². The Balaban J connectivity index is 2.82. The molecule has 0 aromatic carbocycles. The van der Waals surface area contributed by atoms with Gasteiger partial charge in [0.1, 0.15) is 0 Å². The Labute approximate surface area is 120 Å². The third-order valence-electron chi connectivity index (χ3n) is 2.63. The molecule has 1 rings (SSSR count). The molecule has 1 aromatic rings. The Morgan fingerprint density at radius 3 is 2.38 bits per heavy atom. The summed E-state index contributed by atoms with van der Waals surface area (Å²) in [4.78, 5) is 1.35. The molecule has 0 atom stereocenters. The quantitative estimate of drug-likeness (QED) is 0.593. The standard InChI is InChI=1S/C12H17BrCl2S/c1-9(2)5-12(7-14,8-15)6-11-10(13)3-4-16-11/h3-4,9H,5-8H2,1-2H3. The summed E-state index contributed by atoms with van der Waals surface area (Å²) in [5.74, 6) is 1.87. The second-order valence-electron chi connectivity index (χ2n) is 4.73. The fourth-order valence-electron chi connectivity index (χ4n) is 1.97. The third-order valence-corrected chi connectivity index (χ3v) is 5.70. The number of rotatable bonds is 6. The molecule has 0 aliphatic rings. The van der Waals surface area contributed by atoms with Crippen LogP contribution in [0.25, 0.3) is 0 Å². The third kappa shape index (κ3) is 3.90. The molecule has 0 N–H and O–H groups in total. The van der Waals surface area contributed by atoms with Gasteiger partial charge in [0.05, 0.1) is 0 Å². The molecule has 16 heavy (non-hydrogen) atoms. The fraction of sp³-hybridized carbons (Fsp3) is 0.667. The molecule has 0 fully saturated rings. The Morgan fingerprint density at radius 2 is 2.00 bits per heavy atom. The highest BCUT2D eigenvalue weighted by Gasteiger charge is 2.30. The zero-order valence-corrected chi connectivity index (χ0v) is 13.5. The van der Waals surface area contributed by atoms with E-state index in [4.69, 9.17) is 23.2 Å². The van der Waals surface area contributed by atoms with Crippen molar-refractivity contribution in [3.63, 3.8) is 0 Å². The lowest BCUT2D eigenvalue weighted by Crippen LogP contribution is -2.29. The minimum Gasteiger partial charge on any atom is -0.148 e. The van der Waals surface area contributed by atoms with Crippen molar-refractivity contribution in [2.24, 2.45) is 11.3 Å². The first kappa shape index (κ1) is 14.8. The van der Waals surface area contributed by atoms with Crippen molar-refractivity contribution in [1.82, 2.24) is 0 Å². The predicted molar refractivity (Wildman–Crippen MR) is 79.1 cm³/mol. The van der Waals surface area contributed by atoms with Crippen molar-refractivity contribution in [2.45, 2.75) is 26.7 Å². The lowest BCUT2D eigenvalue weighted by molar-refractivity contribution is 0.297. The van der Waals surface area contributed by atoms with E-state index in [2.05, 4.69) is 41.2 Å². The van der Waals surface area contributed by atoms with E-state index in [1.165, 1.54) is 9.35 Å². The summed E-state index contributed by atoms with van der Waals surface area (Å²) in [6, 6.07) is 2.09. The van der Waals surface area contributed by atoms with Crippen LogP contribution in [0.15, 0.2) is 15.9 Å². The van der Waals surface area contributed by atoms with Crippen molar-refractivity contribution in [3.8, 4) is 0 Å². The molecule has 0 amide bonds. The predicted octanol–water partition coefficient (Wildman–Crippen LogP) is 5.56. The maximum absolute atomic E-state index is 6.14. The average Bonchev–Trinajstić information content (AvgIpc) is 2.62. The fourth-order valence-corrected chi connectivity index (χ4v) is 4.33. The molecular weight excluding hydrogens is 327 g/mol. The normalized spacial score (nSPS) is 12.4. The molecule has 0 aliphatic heterocycles. The SMILES string of the molecule is CC(C)CC(CCl)(CCl)Cc1sccc1Br. The van der Waals surface area contributed by atoms with Gasteiger partial charge in [-0.25, -0.2) is 0 Å². The second-order valence-corrected chi connectivity index (χ2v) is 7.12. The Morgan fingerprint density at radius 1 is 1.38 bits per heavy atom. The highest BCUT2D eigenvalue weighted by molar-refractivity contribution is 9.10. The van der Waals surface area contributed by atoms with Crippen LogP contribution >= 0.6 is 50.5 Å². The van der Waals surface area contributed by atoms with Crippen LogP contribution in [-0.2, 0) is 6.42 Å². The van der Waals surface area contributed by atoms with E-state index in [0.29, 0.717) is 17.7 Å². The molecule has 4 heteroatoms. The number of halogens is 3. The largest absolute Gasteiger partial charge is 0.148 e. The summed E-state index contributed by atoms with van der Waals surface area (Å²) in [5.41, 5.74) is 0.0324. The lowest BCUT2D eigenvalue weighted by Gasteiger charge is -2.31. The van der Waals surface area contributed by atoms with Gasteiger partial charge in [-0.2, -0.15) is 0 Å². The van der Waals surface area contributed by atoms with Crippen LogP contribution in [0, 0.1) is 11.3 Å². The molecule has 0 unspecified atom stereocenters. The van der Waals surface area contributed by atoms with E-state index >= 15 is 0 Å². The number of alkyl halides is 2. The van der Waals surface area contributed by atoms with Gasteiger partial charge >= 0.3 is 0 Å². The highest BCUT2D eigenvalue weighted by atomic mass is 79.9. The number of hydrogen-bond acceptors (Lipinski definition) is 1. The van der Waals surface area contributed by atoms with Crippen LogP contribution in [0.2, 0.25) is 0 Å². The molecule has 0 bridgehead atoms. The van der Waals surface area contributed by atoms with Crippen molar-refractivity contribution in [3.05, 3.63) is 20.8 Å². The van der Waals surface area contributed by atoms with Crippen LogP contribution in [-0.4, -0.2) is 11.8 Å². The molecule has 1 heterocycles. The maximum Gasteiger partial charge on any atom is 0.0314 e. The molecule has 0 saturated carbocycles. The van der Waals surface area contributed by atoms with Gasteiger partial charge in [0.2, 0.25) is 0 Å². The monoisotopic (exact) mass is 342 g/mol. The average molecular weight is 344 g/mol. The first-order valence-corrected chi connectivity index (χ1v) is 8.11. The Hall–Kier alpha value is 0.760. The van der Waals surface area contributed by atoms with Gasteiger partial charge in [-0.3, -0.25) is 0 Å². The van der Waals surface area contributed by atoms with Crippen molar-refractivity contribution in [1.29, 1.82) is 0 Å². The molecule has 0 radical (unpaired) electrons. The molecule has 92 valence electrons. The minimum absolute atomic E-state index is 0.0324. The number of thiophene rings is 1. The van der Waals surface area contributed by atoms with Crippen molar-refractivity contribution < 1.29 is 0 Å². The molecular formula is C12H17BrCl2S. The Bertz CT molecular complexity index is 319. The van der Waals surface area contributed by atoms with Crippen LogP contribution < -0.4 is 0 Å². The number of hydrogen-bond donors (Lipinski definition) is 0. The molecule has 0 spiro atoms. The summed E-state index contributed by atoms with van der Waals surface area (Å²) < 4.78 is 1.18. The first-order chi connectivity index (χ1) is 7.53. The summed E-state index contributed by atoms with van der Waals surface area (Å²) >= 11 is 17.6. The lowest BCUT2D eigenvalue weighted by atomic mass is 9.80. The summed E-state index contributed by atoms with van der Waals surface area (Å²) in [5, 5.41) is 2.10.